The molecule has 1 unspecified atom stereocenters. The largest absolute Gasteiger partial charge is 0.462 e. The van der Waals surface area contributed by atoms with Gasteiger partial charge >= 0.3 is 5.97 Å². The first kappa shape index (κ1) is 22.4. The van der Waals surface area contributed by atoms with Crippen LogP contribution in [0, 0.1) is 5.92 Å². The Morgan fingerprint density at radius 2 is 2.07 bits per heavy atom. The summed E-state index contributed by atoms with van der Waals surface area (Å²) >= 11 is 2.86. The molecule has 2 amide bonds. The van der Waals surface area contributed by atoms with E-state index < -0.39 is 0 Å². The Labute approximate surface area is 184 Å². The van der Waals surface area contributed by atoms with Crippen molar-refractivity contribution in [3.63, 3.8) is 0 Å². The van der Waals surface area contributed by atoms with Crippen LogP contribution in [0.2, 0.25) is 0 Å². The minimum atomic E-state index is -0.365. The molecule has 6 nitrogen and oxygen atoms in total. The van der Waals surface area contributed by atoms with Crippen LogP contribution in [0.5, 0.6) is 0 Å². The second-order valence-corrected chi connectivity index (χ2v) is 9.48. The third kappa shape index (κ3) is 5.64. The van der Waals surface area contributed by atoms with Gasteiger partial charge < -0.3 is 15.4 Å². The zero-order valence-electron chi connectivity index (χ0n) is 17.4. The number of thiophene rings is 1. The average molecular weight is 447 g/mol. The summed E-state index contributed by atoms with van der Waals surface area (Å²) in [5, 5.41) is 6.25. The lowest BCUT2D eigenvalue weighted by Crippen LogP contribution is -2.17. The summed E-state index contributed by atoms with van der Waals surface area (Å²) < 4.78 is 5.25. The molecule has 1 aromatic carbocycles. The van der Waals surface area contributed by atoms with E-state index in [2.05, 4.69) is 17.6 Å². The third-order valence-corrected chi connectivity index (χ3v) is 6.93. The van der Waals surface area contributed by atoms with Crippen LogP contribution in [-0.2, 0) is 27.2 Å². The molecule has 2 aromatic rings. The Morgan fingerprint density at radius 1 is 1.27 bits per heavy atom. The van der Waals surface area contributed by atoms with Crippen LogP contribution in [0.4, 0.5) is 10.7 Å². The van der Waals surface area contributed by atoms with Crippen molar-refractivity contribution >= 4 is 51.6 Å². The number of amides is 2. The molecule has 0 saturated carbocycles. The van der Waals surface area contributed by atoms with Crippen LogP contribution >= 0.6 is 23.1 Å². The van der Waals surface area contributed by atoms with Crippen LogP contribution in [0.15, 0.2) is 29.2 Å². The van der Waals surface area contributed by atoms with E-state index in [1.807, 2.05) is 18.2 Å². The van der Waals surface area contributed by atoms with E-state index in [9.17, 15) is 14.4 Å². The lowest BCUT2D eigenvalue weighted by atomic mass is 9.88. The molecule has 1 heterocycles. The average Bonchev–Trinajstić information content (AvgIpc) is 3.03. The fraction of sp³-hybridized carbons (Fsp3) is 0.409. The molecule has 2 N–H and O–H groups in total. The SMILES string of the molecule is CCOC(=O)c1c(NC(=O)CSc2cccc(NC(C)=O)c2)sc2c1CCC(C)C2. The van der Waals surface area contributed by atoms with Gasteiger partial charge in [-0.15, -0.1) is 23.1 Å². The second kappa shape index (κ2) is 10.1. The predicted molar refractivity (Wildman–Crippen MR) is 122 cm³/mol. The summed E-state index contributed by atoms with van der Waals surface area (Å²) in [6, 6.07) is 7.35. The van der Waals surface area contributed by atoms with Gasteiger partial charge in [-0.3, -0.25) is 9.59 Å². The predicted octanol–water partition coefficient (Wildman–Crippen LogP) is 4.74. The van der Waals surface area contributed by atoms with Gasteiger partial charge in [-0.1, -0.05) is 13.0 Å². The molecule has 0 saturated heterocycles. The highest BCUT2D eigenvalue weighted by molar-refractivity contribution is 8.00. The Hall–Kier alpha value is -2.32. The number of hydrogen-bond donors (Lipinski definition) is 2. The summed E-state index contributed by atoms with van der Waals surface area (Å²) in [4.78, 5) is 38.4. The molecule has 1 aliphatic rings. The maximum absolute atomic E-state index is 12.6. The number of esters is 1. The minimum absolute atomic E-state index is 0.141. The maximum Gasteiger partial charge on any atom is 0.341 e. The molecule has 1 atom stereocenters. The number of fused-ring (bicyclic) bond motifs is 1. The standard InChI is InChI=1S/C22H26N2O4S2/c1-4-28-22(27)20-17-9-8-13(2)10-18(17)30-21(20)24-19(26)12-29-16-7-5-6-15(11-16)23-14(3)25/h5-7,11,13H,4,8-10,12H2,1-3H3,(H,23,25)(H,24,26). The summed E-state index contributed by atoms with van der Waals surface area (Å²) in [5.41, 5.74) is 2.25. The van der Waals surface area contributed by atoms with Crippen LogP contribution in [-0.4, -0.2) is 30.1 Å². The lowest BCUT2D eigenvalue weighted by Gasteiger charge is -2.18. The lowest BCUT2D eigenvalue weighted by molar-refractivity contribution is -0.114. The zero-order chi connectivity index (χ0) is 21.7. The molecule has 160 valence electrons. The zero-order valence-corrected chi connectivity index (χ0v) is 19.0. The van der Waals surface area contributed by atoms with E-state index in [1.165, 1.54) is 34.9 Å². The number of carbonyl (C=O) groups excluding carboxylic acids is 3. The third-order valence-electron chi connectivity index (χ3n) is 4.77. The minimum Gasteiger partial charge on any atom is -0.462 e. The fourth-order valence-electron chi connectivity index (χ4n) is 3.44. The quantitative estimate of drug-likeness (QED) is 0.474. The van der Waals surface area contributed by atoms with Gasteiger partial charge in [-0.2, -0.15) is 0 Å². The maximum atomic E-state index is 12.6. The number of anilines is 2. The van der Waals surface area contributed by atoms with Gasteiger partial charge in [0.25, 0.3) is 0 Å². The first-order valence-electron chi connectivity index (χ1n) is 9.99. The van der Waals surface area contributed by atoms with Crippen LogP contribution in [0.3, 0.4) is 0 Å². The normalized spacial score (nSPS) is 15.2. The molecule has 8 heteroatoms. The van der Waals surface area contributed by atoms with Crippen molar-refractivity contribution in [1.82, 2.24) is 0 Å². The van der Waals surface area contributed by atoms with Crippen molar-refractivity contribution in [2.24, 2.45) is 5.92 Å². The van der Waals surface area contributed by atoms with Gasteiger partial charge in [-0.25, -0.2) is 4.79 Å². The summed E-state index contributed by atoms with van der Waals surface area (Å²) in [7, 11) is 0. The molecule has 0 radical (unpaired) electrons. The number of nitrogens with one attached hydrogen (secondary N) is 2. The van der Waals surface area contributed by atoms with E-state index in [1.54, 1.807) is 13.0 Å². The van der Waals surface area contributed by atoms with Gasteiger partial charge in [0, 0.05) is 22.4 Å². The van der Waals surface area contributed by atoms with Gasteiger partial charge in [0.05, 0.1) is 17.9 Å². The van der Waals surface area contributed by atoms with E-state index in [0.29, 0.717) is 28.8 Å². The first-order valence-corrected chi connectivity index (χ1v) is 11.8. The molecule has 0 aliphatic heterocycles. The van der Waals surface area contributed by atoms with Gasteiger partial charge in [0.15, 0.2) is 0 Å². The highest BCUT2D eigenvalue weighted by Gasteiger charge is 2.29. The van der Waals surface area contributed by atoms with E-state index in [0.717, 1.165) is 29.7 Å². The Bertz CT molecular complexity index is 955. The molecule has 1 aromatic heterocycles. The Morgan fingerprint density at radius 3 is 2.80 bits per heavy atom. The molecule has 0 spiro atoms. The highest BCUT2D eigenvalue weighted by atomic mass is 32.2. The monoisotopic (exact) mass is 446 g/mol. The summed E-state index contributed by atoms with van der Waals surface area (Å²) in [6.45, 7) is 5.74. The second-order valence-electron chi connectivity index (χ2n) is 7.32. The van der Waals surface area contributed by atoms with Gasteiger partial charge in [-0.05, 0) is 55.9 Å². The number of carbonyl (C=O) groups is 3. The molecule has 0 bridgehead atoms. The molecular weight excluding hydrogens is 420 g/mol. The van der Waals surface area contributed by atoms with E-state index in [-0.39, 0.29) is 23.5 Å². The van der Waals surface area contributed by atoms with Crippen molar-refractivity contribution in [3.8, 4) is 0 Å². The van der Waals surface area contributed by atoms with Crippen molar-refractivity contribution in [1.29, 1.82) is 0 Å². The Balaban J connectivity index is 1.70. The van der Waals surface area contributed by atoms with Crippen molar-refractivity contribution in [2.75, 3.05) is 23.0 Å². The number of hydrogen-bond acceptors (Lipinski definition) is 6. The molecular formula is C22H26N2O4S2. The molecule has 30 heavy (non-hydrogen) atoms. The number of ether oxygens (including phenoxy) is 1. The van der Waals surface area contributed by atoms with Gasteiger partial charge in [0.2, 0.25) is 11.8 Å². The summed E-state index contributed by atoms with van der Waals surface area (Å²) in [5.74, 6) is 0.0845. The highest BCUT2D eigenvalue weighted by Crippen LogP contribution is 2.40. The number of benzene rings is 1. The molecule has 1 aliphatic carbocycles. The van der Waals surface area contributed by atoms with Crippen LogP contribution < -0.4 is 10.6 Å². The van der Waals surface area contributed by atoms with E-state index in [4.69, 9.17) is 4.74 Å². The first-order chi connectivity index (χ1) is 14.4. The van der Waals surface area contributed by atoms with Crippen molar-refractivity contribution in [3.05, 3.63) is 40.3 Å². The molecule has 3 rings (SSSR count). The smallest absolute Gasteiger partial charge is 0.341 e. The number of rotatable bonds is 7. The van der Waals surface area contributed by atoms with Crippen molar-refractivity contribution in [2.45, 2.75) is 44.9 Å². The van der Waals surface area contributed by atoms with Crippen LogP contribution in [0.1, 0.15) is 48.0 Å². The van der Waals surface area contributed by atoms with Crippen LogP contribution in [0.25, 0.3) is 0 Å². The number of thioether (sulfide) groups is 1. The Kier molecular flexibility index (Phi) is 7.55. The fourth-order valence-corrected chi connectivity index (χ4v) is 5.61. The molecule has 0 fully saturated rings. The topological polar surface area (TPSA) is 84.5 Å². The van der Waals surface area contributed by atoms with E-state index >= 15 is 0 Å². The summed E-state index contributed by atoms with van der Waals surface area (Å²) in [6.07, 6.45) is 2.79. The van der Waals surface area contributed by atoms with Gasteiger partial charge in [0.1, 0.15) is 5.00 Å². The van der Waals surface area contributed by atoms with Crippen molar-refractivity contribution < 1.29 is 19.1 Å².